The molecule has 0 fully saturated rings. The van der Waals surface area contributed by atoms with Crippen molar-refractivity contribution in [3.63, 3.8) is 0 Å². The van der Waals surface area contributed by atoms with E-state index in [1.165, 1.54) is 17.4 Å². The van der Waals surface area contributed by atoms with Gasteiger partial charge in [0, 0.05) is 31.1 Å². The van der Waals surface area contributed by atoms with Crippen molar-refractivity contribution in [2.45, 2.75) is 20.0 Å². The number of hydrogen-bond acceptors (Lipinski definition) is 6. The van der Waals surface area contributed by atoms with Gasteiger partial charge in [-0.1, -0.05) is 0 Å². The first kappa shape index (κ1) is 12.9. The van der Waals surface area contributed by atoms with Gasteiger partial charge in [-0.3, -0.25) is 9.78 Å². The molecule has 0 aromatic carbocycles. The molecule has 1 aliphatic heterocycles. The van der Waals surface area contributed by atoms with Gasteiger partial charge in [0.2, 0.25) is 5.91 Å². The number of amides is 1. The maximum Gasteiger partial charge on any atom is 0.221 e. The average molecular weight is 316 g/mol. The Hall–Kier alpha value is -1.83. The molecule has 0 radical (unpaired) electrons. The molecule has 3 aromatic heterocycles. The third-order valence-corrected chi connectivity index (χ3v) is 5.57. The summed E-state index contributed by atoms with van der Waals surface area (Å²) in [6, 6.07) is 1.97. The molecule has 0 aliphatic carbocycles. The second kappa shape index (κ2) is 4.87. The van der Waals surface area contributed by atoms with Crippen LogP contribution in [0.2, 0.25) is 0 Å². The van der Waals surface area contributed by atoms with Gasteiger partial charge in [-0.15, -0.1) is 22.7 Å². The lowest BCUT2D eigenvalue weighted by molar-refractivity contribution is -0.114. The first-order chi connectivity index (χ1) is 10.2. The molecule has 0 atom stereocenters. The largest absolute Gasteiger partial charge is 0.317 e. The zero-order valence-corrected chi connectivity index (χ0v) is 12.9. The standard InChI is InChI=1S/C14H12N4OS2/c1-7(19)17-13-12(8-4-16-6-11(8)21-13)14-18-9-5-15-3-2-10(9)20-14/h2-3,5,16H,4,6H2,1H3,(H,17,19). The summed E-state index contributed by atoms with van der Waals surface area (Å²) in [4.78, 5) is 21.5. The first-order valence-electron chi connectivity index (χ1n) is 6.56. The number of hydrogen-bond donors (Lipinski definition) is 2. The number of thiophene rings is 1. The van der Waals surface area contributed by atoms with E-state index in [0.29, 0.717) is 0 Å². The Morgan fingerprint density at radius 1 is 1.38 bits per heavy atom. The van der Waals surface area contributed by atoms with Crippen LogP contribution in [0, 0.1) is 0 Å². The number of carbonyl (C=O) groups excluding carboxylic acids is 1. The molecule has 7 heteroatoms. The predicted molar refractivity (Wildman–Crippen MR) is 85.6 cm³/mol. The summed E-state index contributed by atoms with van der Waals surface area (Å²) in [6.45, 7) is 3.23. The zero-order valence-electron chi connectivity index (χ0n) is 11.3. The fourth-order valence-corrected chi connectivity index (χ4v) is 4.81. The van der Waals surface area contributed by atoms with Gasteiger partial charge in [0.1, 0.15) is 15.5 Å². The number of nitrogens with one attached hydrogen (secondary N) is 2. The van der Waals surface area contributed by atoms with Crippen LogP contribution in [-0.2, 0) is 17.9 Å². The number of carbonyl (C=O) groups is 1. The van der Waals surface area contributed by atoms with E-state index in [1.54, 1.807) is 35.1 Å². The van der Waals surface area contributed by atoms with Gasteiger partial charge in [0.25, 0.3) is 0 Å². The lowest BCUT2D eigenvalue weighted by Gasteiger charge is -2.04. The van der Waals surface area contributed by atoms with Crippen LogP contribution in [0.25, 0.3) is 20.8 Å². The van der Waals surface area contributed by atoms with E-state index in [2.05, 4.69) is 20.6 Å². The third-order valence-electron chi connectivity index (χ3n) is 3.37. The second-order valence-corrected chi connectivity index (χ2v) is 6.99. The van der Waals surface area contributed by atoms with Crippen molar-refractivity contribution in [1.82, 2.24) is 15.3 Å². The van der Waals surface area contributed by atoms with E-state index in [0.717, 1.165) is 38.9 Å². The molecule has 0 saturated carbocycles. The van der Waals surface area contributed by atoms with Gasteiger partial charge in [-0.2, -0.15) is 0 Å². The number of aromatic nitrogens is 2. The topological polar surface area (TPSA) is 66.9 Å². The Labute approximate surface area is 129 Å². The number of nitrogens with zero attached hydrogens (tertiary/aromatic N) is 2. The Morgan fingerprint density at radius 3 is 3.10 bits per heavy atom. The highest BCUT2D eigenvalue weighted by molar-refractivity contribution is 7.22. The van der Waals surface area contributed by atoms with Crippen LogP contribution in [0.15, 0.2) is 18.5 Å². The van der Waals surface area contributed by atoms with E-state index in [1.807, 2.05) is 6.07 Å². The molecule has 1 amide bonds. The highest BCUT2D eigenvalue weighted by Gasteiger charge is 2.25. The van der Waals surface area contributed by atoms with Crippen LogP contribution in [0.3, 0.4) is 0 Å². The van der Waals surface area contributed by atoms with Crippen molar-refractivity contribution in [2.75, 3.05) is 5.32 Å². The van der Waals surface area contributed by atoms with Gasteiger partial charge in [0.05, 0.1) is 16.5 Å². The molecule has 1 aliphatic rings. The van der Waals surface area contributed by atoms with E-state index in [9.17, 15) is 4.79 Å². The molecule has 0 bridgehead atoms. The molecule has 2 N–H and O–H groups in total. The minimum atomic E-state index is -0.0492. The van der Waals surface area contributed by atoms with Gasteiger partial charge in [-0.25, -0.2) is 4.98 Å². The lowest BCUT2D eigenvalue weighted by Crippen LogP contribution is -2.07. The molecule has 0 unspecified atom stereocenters. The van der Waals surface area contributed by atoms with Crippen LogP contribution < -0.4 is 10.6 Å². The molecular weight excluding hydrogens is 304 g/mol. The van der Waals surface area contributed by atoms with Crippen molar-refractivity contribution >= 4 is 43.8 Å². The van der Waals surface area contributed by atoms with Crippen LogP contribution in [-0.4, -0.2) is 15.9 Å². The van der Waals surface area contributed by atoms with E-state index < -0.39 is 0 Å². The predicted octanol–water partition coefficient (Wildman–Crippen LogP) is 2.98. The van der Waals surface area contributed by atoms with Crippen LogP contribution in [0.4, 0.5) is 5.00 Å². The number of pyridine rings is 1. The van der Waals surface area contributed by atoms with Crippen LogP contribution >= 0.6 is 22.7 Å². The Balaban J connectivity index is 1.91. The van der Waals surface area contributed by atoms with Crippen molar-refractivity contribution in [3.05, 3.63) is 28.9 Å². The molecule has 3 aromatic rings. The van der Waals surface area contributed by atoms with Gasteiger partial charge >= 0.3 is 0 Å². The minimum Gasteiger partial charge on any atom is -0.317 e. The number of fused-ring (bicyclic) bond motifs is 2. The summed E-state index contributed by atoms with van der Waals surface area (Å²) < 4.78 is 1.11. The second-order valence-electron chi connectivity index (χ2n) is 4.86. The van der Waals surface area contributed by atoms with Crippen LogP contribution in [0.5, 0.6) is 0 Å². The van der Waals surface area contributed by atoms with Gasteiger partial charge in [0.15, 0.2) is 0 Å². The SMILES string of the molecule is CC(=O)Nc1sc2c(c1-c1nc3cnccc3s1)CNC2. The molecule has 4 heterocycles. The molecule has 0 spiro atoms. The summed E-state index contributed by atoms with van der Waals surface area (Å²) >= 11 is 3.28. The van der Waals surface area contributed by atoms with Crippen molar-refractivity contribution in [3.8, 4) is 10.6 Å². The number of thiazole rings is 1. The molecule has 106 valence electrons. The highest BCUT2D eigenvalue weighted by atomic mass is 32.1. The summed E-state index contributed by atoms with van der Waals surface area (Å²) in [5.74, 6) is -0.0492. The molecule has 4 rings (SSSR count). The quantitative estimate of drug-likeness (QED) is 0.763. The first-order valence-corrected chi connectivity index (χ1v) is 8.19. The maximum absolute atomic E-state index is 11.4. The molecule has 5 nitrogen and oxygen atoms in total. The lowest BCUT2D eigenvalue weighted by atomic mass is 10.1. The van der Waals surface area contributed by atoms with E-state index >= 15 is 0 Å². The van der Waals surface area contributed by atoms with Crippen molar-refractivity contribution in [1.29, 1.82) is 0 Å². The van der Waals surface area contributed by atoms with E-state index in [4.69, 9.17) is 0 Å². The summed E-state index contributed by atoms with van der Waals surface area (Å²) in [5, 5.41) is 8.15. The molecule has 21 heavy (non-hydrogen) atoms. The molecular formula is C14H12N4OS2. The van der Waals surface area contributed by atoms with Crippen molar-refractivity contribution in [2.24, 2.45) is 0 Å². The highest BCUT2D eigenvalue weighted by Crippen LogP contribution is 2.45. The summed E-state index contributed by atoms with van der Waals surface area (Å²) in [6.07, 6.45) is 3.55. The zero-order chi connectivity index (χ0) is 14.4. The van der Waals surface area contributed by atoms with Gasteiger partial charge in [-0.05, 0) is 11.6 Å². The monoisotopic (exact) mass is 316 g/mol. The Kier molecular flexibility index (Phi) is 2.99. The normalized spacial score (nSPS) is 13.6. The third kappa shape index (κ3) is 2.14. The number of rotatable bonds is 2. The molecule has 0 saturated heterocycles. The average Bonchev–Trinajstić information content (AvgIpc) is 3.10. The Morgan fingerprint density at radius 2 is 2.29 bits per heavy atom. The van der Waals surface area contributed by atoms with Crippen LogP contribution in [0.1, 0.15) is 17.4 Å². The maximum atomic E-state index is 11.4. The summed E-state index contributed by atoms with van der Waals surface area (Å²) in [7, 11) is 0. The minimum absolute atomic E-state index is 0.0492. The van der Waals surface area contributed by atoms with Crippen molar-refractivity contribution < 1.29 is 4.79 Å². The van der Waals surface area contributed by atoms with Gasteiger partial charge < -0.3 is 10.6 Å². The summed E-state index contributed by atoms with van der Waals surface area (Å²) in [5.41, 5.74) is 3.23. The fourth-order valence-electron chi connectivity index (χ4n) is 2.50. The van der Waals surface area contributed by atoms with E-state index in [-0.39, 0.29) is 5.91 Å². The smallest absolute Gasteiger partial charge is 0.221 e. The fraction of sp³-hybridized carbons (Fsp3) is 0.214. The number of anilines is 1. The Bertz CT molecular complexity index is 819.